The van der Waals surface area contributed by atoms with E-state index in [1.54, 1.807) is 12.3 Å². The third-order valence-corrected chi connectivity index (χ3v) is 4.17. The van der Waals surface area contributed by atoms with Gasteiger partial charge in [-0.2, -0.15) is 5.10 Å². The molecule has 2 aromatic heterocycles. The maximum Gasteiger partial charge on any atom is 0.265 e. The molecule has 0 fully saturated rings. The number of hydrogen-bond donors (Lipinski definition) is 2. The topological polar surface area (TPSA) is 102 Å². The van der Waals surface area contributed by atoms with Gasteiger partial charge in [-0.1, -0.05) is 6.92 Å². The van der Waals surface area contributed by atoms with E-state index >= 15 is 0 Å². The molecule has 0 aliphatic carbocycles. The third-order valence-electron chi connectivity index (χ3n) is 2.88. The molecule has 0 aliphatic rings. The fourth-order valence-corrected chi connectivity index (χ4v) is 2.85. The molecule has 0 radical (unpaired) electrons. The second-order valence-corrected chi connectivity index (χ2v) is 5.99. The molecule has 0 bridgehead atoms. The standard InChI is InChI=1S/C12H18N6O2S/c1-3-13-8-10-7-11(9-18(10)4-2)21(19,20)17-12-14-5-6-15-16-12/h5-7,9,13H,3-4,8H2,1-2H3,(H,14,16,17). The Hall–Kier alpha value is -2.00. The van der Waals surface area contributed by atoms with E-state index in [-0.39, 0.29) is 10.8 Å². The summed E-state index contributed by atoms with van der Waals surface area (Å²) in [4.78, 5) is 3.99. The summed E-state index contributed by atoms with van der Waals surface area (Å²) in [6.45, 7) is 6.09. The molecule has 0 aliphatic heterocycles. The van der Waals surface area contributed by atoms with Gasteiger partial charge in [0.15, 0.2) is 0 Å². The van der Waals surface area contributed by atoms with Crippen LogP contribution in [0.4, 0.5) is 5.95 Å². The fourth-order valence-electron chi connectivity index (χ4n) is 1.84. The lowest BCUT2D eigenvalue weighted by atomic mass is 10.4. The highest BCUT2D eigenvalue weighted by Gasteiger charge is 2.19. The van der Waals surface area contributed by atoms with Crippen molar-refractivity contribution in [2.45, 2.75) is 31.8 Å². The molecule has 2 heterocycles. The Morgan fingerprint density at radius 3 is 2.71 bits per heavy atom. The average Bonchev–Trinajstić information content (AvgIpc) is 2.90. The summed E-state index contributed by atoms with van der Waals surface area (Å²) in [5, 5.41) is 10.4. The maximum absolute atomic E-state index is 12.3. The van der Waals surface area contributed by atoms with Gasteiger partial charge in [-0.05, 0) is 19.5 Å². The molecular formula is C12H18N6O2S. The van der Waals surface area contributed by atoms with Crippen molar-refractivity contribution in [2.75, 3.05) is 11.3 Å². The van der Waals surface area contributed by atoms with Crippen molar-refractivity contribution in [3.8, 4) is 0 Å². The average molecular weight is 310 g/mol. The van der Waals surface area contributed by atoms with Crippen molar-refractivity contribution in [1.29, 1.82) is 0 Å². The summed E-state index contributed by atoms with van der Waals surface area (Å²) in [5.74, 6) is -0.0463. The van der Waals surface area contributed by atoms with Gasteiger partial charge in [0.05, 0.1) is 12.4 Å². The van der Waals surface area contributed by atoms with Gasteiger partial charge >= 0.3 is 0 Å². The van der Waals surface area contributed by atoms with Gasteiger partial charge < -0.3 is 9.88 Å². The first-order valence-electron chi connectivity index (χ1n) is 6.63. The van der Waals surface area contributed by atoms with Crippen LogP contribution in [0.3, 0.4) is 0 Å². The number of aromatic nitrogens is 4. The van der Waals surface area contributed by atoms with Gasteiger partial charge in [0.1, 0.15) is 4.90 Å². The van der Waals surface area contributed by atoms with E-state index in [9.17, 15) is 8.42 Å². The van der Waals surface area contributed by atoms with Gasteiger partial charge in [0.25, 0.3) is 16.0 Å². The minimum Gasteiger partial charge on any atom is -0.349 e. The predicted molar refractivity (Wildman–Crippen MR) is 78.1 cm³/mol. The van der Waals surface area contributed by atoms with Crippen LogP contribution in [0.25, 0.3) is 0 Å². The lowest BCUT2D eigenvalue weighted by molar-refractivity contribution is 0.600. The molecule has 114 valence electrons. The first-order chi connectivity index (χ1) is 10.1. The van der Waals surface area contributed by atoms with E-state index in [1.807, 2.05) is 18.4 Å². The molecule has 21 heavy (non-hydrogen) atoms. The van der Waals surface area contributed by atoms with Crippen LogP contribution in [-0.4, -0.2) is 34.7 Å². The van der Waals surface area contributed by atoms with Crippen LogP contribution in [0.2, 0.25) is 0 Å². The first-order valence-corrected chi connectivity index (χ1v) is 8.11. The number of aryl methyl sites for hydroxylation is 1. The number of nitrogens with zero attached hydrogens (tertiary/aromatic N) is 4. The summed E-state index contributed by atoms with van der Waals surface area (Å²) in [7, 11) is -3.71. The highest BCUT2D eigenvalue weighted by atomic mass is 32.2. The molecular weight excluding hydrogens is 292 g/mol. The molecule has 0 spiro atoms. The van der Waals surface area contributed by atoms with E-state index in [2.05, 4.69) is 25.2 Å². The van der Waals surface area contributed by atoms with E-state index in [0.29, 0.717) is 13.1 Å². The van der Waals surface area contributed by atoms with E-state index in [4.69, 9.17) is 0 Å². The molecule has 2 aromatic rings. The smallest absolute Gasteiger partial charge is 0.265 e. The quantitative estimate of drug-likeness (QED) is 0.776. The number of rotatable bonds is 7. The summed E-state index contributed by atoms with van der Waals surface area (Å²) in [5.41, 5.74) is 0.909. The maximum atomic E-state index is 12.3. The highest BCUT2D eigenvalue weighted by Crippen LogP contribution is 2.17. The van der Waals surface area contributed by atoms with Crippen LogP contribution in [-0.2, 0) is 23.1 Å². The fraction of sp³-hybridized carbons (Fsp3) is 0.417. The molecule has 2 N–H and O–H groups in total. The minimum absolute atomic E-state index is 0.0463. The van der Waals surface area contributed by atoms with E-state index in [0.717, 1.165) is 12.2 Å². The summed E-state index contributed by atoms with van der Waals surface area (Å²) >= 11 is 0. The van der Waals surface area contributed by atoms with Crippen LogP contribution in [0.1, 0.15) is 19.5 Å². The van der Waals surface area contributed by atoms with Crippen molar-refractivity contribution in [1.82, 2.24) is 25.1 Å². The molecule has 0 saturated heterocycles. The number of sulfonamides is 1. The number of hydrogen-bond acceptors (Lipinski definition) is 6. The van der Waals surface area contributed by atoms with Crippen LogP contribution in [0.15, 0.2) is 29.6 Å². The normalized spacial score (nSPS) is 11.5. The van der Waals surface area contributed by atoms with Crippen LogP contribution < -0.4 is 10.0 Å². The van der Waals surface area contributed by atoms with Crippen LogP contribution in [0, 0.1) is 0 Å². The van der Waals surface area contributed by atoms with Gasteiger partial charge in [-0.15, -0.1) is 5.10 Å². The Bertz CT molecular complexity index is 683. The molecule has 2 rings (SSSR count). The Balaban J connectivity index is 2.25. The predicted octanol–water partition coefficient (Wildman–Crippen LogP) is 0.603. The number of nitrogens with one attached hydrogen (secondary N) is 2. The Labute approximate surface area is 123 Å². The van der Waals surface area contributed by atoms with Crippen molar-refractivity contribution in [2.24, 2.45) is 0 Å². The first kappa shape index (κ1) is 15.4. The second-order valence-electron chi connectivity index (χ2n) is 4.31. The van der Waals surface area contributed by atoms with E-state index in [1.165, 1.54) is 12.4 Å². The van der Waals surface area contributed by atoms with E-state index < -0.39 is 10.0 Å². The van der Waals surface area contributed by atoms with Crippen molar-refractivity contribution in [3.63, 3.8) is 0 Å². The Kier molecular flexibility index (Phi) is 4.86. The monoisotopic (exact) mass is 310 g/mol. The molecule has 8 nitrogen and oxygen atoms in total. The minimum atomic E-state index is -3.71. The largest absolute Gasteiger partial charge is 0.349 e. The van der Waals surface area contributed by atoms with Crippen LogP contribution in [0.5, 0.6) is 0 Å². The van der Waals surface area contributed by atoms with Crippen molar-refractivity contribution in [3.05, 3.63) is 30.4 Å². The second kappa shape index (κ2) is 6.64. The molecule has 0 aromatic carbocycles. The Morgan fingerprint density at radius 1 is 1.29 bits per heavy atom. The lowest BCUT2D eigenvalue weighted by Gasteiger charge is -2.05. The molecule has 9 heteroatoms. The van der Waals surface area contributed by atoms with Crippen LogP contribution >= 0.6 is 0 Å². The van der Waals surface area contributed by atoms with Gasteiger partial charge in [0.2, 0.25) is 0 Å². The van der Waals surface area contributed by atoms with Crippen molar-refractivity contribution < 1.29 is 8.42 Å². The summed E-state index contributed by atoms with van der Waals surface area (Å²) in [6, 6.07) is 1.64. The van der Waals surface area contributed by atoms with Gasteiger partial charge in [-0.25, -0.2) is 18.1 Å². The Morgan fingerprint density at radius 2 is 2.10 bits per heavy atom. The SMILES string of the molecule is CCNCc1cc(S(=O)(=O)Nc2nccnn2)cn1CC. The summed E-state index contributed by atoms with van der Waals surface area (Å²) < 4.78 is 28.8. The molecule has 0 atom stereocenters. The summed E-state index contributed by atoms with van der Waals surface area (Å²) in [6.07, 6.45) is 4.35. The molecule has 0 saturated carbocycles. The lowest BCUT2D eigenvalue weighted by Crippen LogP contribution is -2.15. The van der Waals surface area contributed by atoms with Crippen molar-refractivity contribution >= 4 is 16.0 Å². The molecule has 0 amide bonds. The highest BCUT2D eigenvalue weighted by molar-refractivity contribution is 7.92. The zero-order valence-electron chi connectivity index (χ0n) is 11.9. The molecule has 0 unspecified atom stereocenters. The third kappa shape index (κ3) is 3.76. The zero-order valence-corrected chi connectivity index (χ0v) is 12.8. The van der Waals surface area contributed by atoms with Gasteiger partial charge in [-0.3, -0.25) is 0 Å². The van der Waals surface area contributed by atoms with Gasteiger partial charge in [0, 0.05) is 25.0 Å². The number of anilines is 1. The zero-order chi connectivity index (χ0) is 15.3.